The molecule has 35 heavy (non-hydrogen) atoms. The molecular weight excluding hydrogens is 493 g/mol. The summed E-state index contributed by atoms with van der Waals surface area (Å²) in [6.07, 6.45) is 4.35. The van der Waals surface area contributed by atoms with E-state index in [1.165, 1.54) is 44.7 Å². The first-order valence-corrected chi connectivity index (χ1v) is 12.2. The molecule has 0 aliphatic carbocycles. The van der Waals surface area contributed by atoms with Crippen molar-refractivity contribution in [3.63, 3.8) is 0 Å². The SMILES string of the molecule is C1CCNC1.CC.CNc1ncc2cc(-c3c(Cl)c(OC)cc(OC)c3Cl)c(=O)n(CCO)c2n1. The van der Waals surface area contributed by atoms with Gasteiger partial charge in [0.2, 0.25) is 5.95 Å². The summed E-state index contributed by atoms with van der Waals surface area (Å²) >= 11 is 12.9. The maximum atomic E-state index is 13.2. The van der Waals surface area contributed by atoms with Gasteiger partial charge in [-0.05, 0) is 32.0 Å². The van der Waals surface area contributed by atoms with Gasteiger partial charge in [0, 0.05) is 30.3 Å². The summed E-state index contributed by atoms with van der Waals surface area (Å²) in [5.74, 6) is 0.978. The van der Waals surface area contributed by atoms with Gasteiger partial charge >= 0.3 is 0 Å². The zero-order valence-corrected chi connectivity index (χ0v) is 22.3. The number of aromatic nitrogens is 3. The Morgan fingerprint density at radius 2 is 1.71 bits per heavy atom. The Kier molecular flexibility index (Phi) is 11.5. The number of ether oxygens (including phenoxy) is 2. The molecule has 11 heteroatoms. The molecule has 1 aliphatic rings. The van der Waals surface area contributed by atoms with Gasteiger partial charge in [0.25, 0.3) is 5.56 Å². The van der Waals surface area contributed by atoms with Crippen molar-refractivity contribution in [2.75, 3.05) is 46.3 Å². The number of aliphatic hydroxyl groups is 1. The van der Waals surface area contributed by atoms with Crippen molar-refractivity contribution in [2.24, 2.45) is 0 Å². The minimum Gasteiger partial charge on any atom is -0.495 e. The number of rotatable bonds is 6. The largest absolute Gasteiger partial charge is 0.495 e. The number of fused-ring (bicyclic) bond motifs is 1. The fraction of sp³-hybridized carbons (Fsp3) is 0.458. The van der Waals surface area contributed by atoms with Gasteiger partial charge in [0.1, 0.15) is 17.1 Å². The lowest BCUT2D eigenvalue weighted by Gasteiger charge is -2.16. The van der Waals surface area contributed by atoms with Crippen molar-refractivity contribution < 1.29 is 14.6 Å². The van der Waals surface area contributed by atoms with E-state index >= 15 is 0 Å². The Bertz CT molecular complexity index is 1150. The van der Waals surface area contributed by atoms with Crippen molar-refractivity contribution >= 4 is 40.2 Å². The van der Waals surface area contributed by atoms with Crippen LogP contribution < -0.4 is 25.7 Å². The molecule has 3 aromatic rings. The minimum absolute atomic E-state index is 0.0414. The third kappa shape index (κ3) is 6.55. The zero-order chi connectivity index (χ0) is 26.0. The second-order valence-corrected chi connectivity index (χ2v) is 7.96. The third-order valence-electron chi connectivity index (χ3n) is 5.17. The number of aliphatic hydroxyl groups excluding tert-OH is 1. The number of hydrogen-bond acceptors (Lipinski definition) is 8. The maximum Gasteiger partial charge on any atom is 0.260 e. The number of hydrogen-bond donors (Lipinski definition) is 3. The highest BCUT2D eigenvalue weighted by Crippen LogP contribution is 2.45. The molecule has 1 fully saturated rings. The van der Waals surface area contributed by atoms with Gasteiger partial charge in [-0.2, -0.15) is 4.98 Å². The van der Waals surface area contributed by atoms with Crippen molar-refractivity contribution in [2.45, 2.75) is 33.2 Å². The van der Waals surface area contributed by atoms with E-state index < -0.39 is 5.56 Å². The van der Waals surface area contributed by atoms with Gasteiger partial charge in [-0.1, -0.05) is 37.0 Å². The minimum atomic E-state index is -0.415. The average Bonchev–Trinajstić information content (AvgIpc) is 3.48. The van der Waals surface area contributed by atoms with E-state index in [-0.39, 0.29) is 34.3 Å². The standard InChI is InChI=1S/C18H18Cl2N4O4.C4H9N.C2H6/c1-21-18-22-8-9-6-10(17(26)24(4-5-25)16(9)23-18)13-14(19)11(27-2)7-12(28-3)15(13)20;1-2-4-5-3-1;1-2/h6-8,25H,4-5H2,1-3H3,(H,21,22,23);5H,1-4H2;1-2H3. The molecule has 0 amide bonds. The van der Waals surface area contributed by atoms with Crippen LogP contribution in [0.2, 0.25) is 10.0 Å². The quantitative estimate of drug-likeness (QED) is 0.438. The van der Waals surface area contributed by atoms with Crippen LogP contribution in [0.5, 0.6) is 11.5 Å². The molecule has 4 rings (SSSR count). The van der Waals surface area contributed by atoms with Crippen LogP contribution in [0, 0.1) is 0 Å². The summed E-state index contributed by atoms with van der Waals surface area (Å²) in [4.78, 5) is 21.8. The lowest BCUT2D eigenvalue weighted by molar-refractivity contribution is 0.276. The molecule has 2 aromatic heterocycles. The predicted molar refractivity (Wildman–Crippen MR) is 142 cm³/mol. The smallest absolute Gasteiger partial charge is 0.260 e. The highest BCUT2D eigenvalue weighted by atomic mass is 35.5. The number of benzene rings is 1. The molecule has 3 N–H and O–H groups in total. The summed E-state index contributed by atoms with van der Waals surface area (Å²) in [7, 11) is 4.58. The van der Waals surface area contributed by atoms with Crippen molar-refractivity contribution in [1.29, 1.82) is 0 Å². The summed E-state index contributed by atoms with van der Waals surface area (Å²) in [6.45, 7) is 6.29. The topological polar surface area (TPSA) is 111 Å². The number of nitrogens with zero attached hydrogens (tertiary/aromatic N) is 3. The van der Waals surface area contributed by atoms with Gasteiger partial charge in [0.05, 0.1) is 43.0 Å². The van der Waals surface area contributed by atoms with Crippen LogP contribution in [0.4, 0.5) is 5.95 Å². The molecule has 192 valence electrons. The first-order valence-electron chi connectivity index (χ1n) is 11.5. The van der Waals surface area contributed by atoms with Gasteiger partial charge in [0.15, 0.2) is 0 Å². The maximum absolute atomic E-state index is 13.2. The normalized spacial score (nSPS) is 12.3. The van der Waals surface area contributed by atoms with Crippen LogP contribution in [0.15, 0.2) is 23.1 Å². The fourth-order valence-electron chi connectivity index (χ4n) is 3.51. The predicted octanol–water partition coefficient (Wildman–Crippen LogP) is 4.21. The molecule has 0 unspecified atom stereocenters. The van der Waals surface area contributed by atoms with E-state index in [2.05, 4.69) is 20.6 Å². The Morgan fingerprint density at radius 3 is 2.17 bits per heavy atom. The zero-order valence-electron chi connectivity index (χ0n) is 20.7. The molecule has 1 aliphatic heterocycles. The summed E-state index contributed by atoms with van der Waals surface area (Å²) < 4.78 is 11.9. The summed E-state index contributed by atoms with van der Waals surface area (Å²) in [5, 5.41) is 16.4. The Hall–Kier alpha value is -2.59. The van der Waals surface area contributed by atoms with E-state index in [4.69, 9.17) is 32.7 Å². The fourth-order valence-corrected chi connectivity index (χ4v) is 4.22. The molecule has 0 saturated carbocycles. The van der Waals surface area contributed by atoms with Crippen LogP contribution in [0.3, 0.4) is 0 Å². The monoisotopic (exact) mass is 525 g/mol. The van der Waals surface area contributed by atoms with Crippen molar-refractivity contribution in [3.8, 4) is 22.6 Å². The van der Waals surface area contributed by atoms with Crippen LogP contribution in [-0.4, -0.2) is 60.6 Å². The molecule has 0 spiro atoms. The van der Waals surface area contributed by atoms with E-state index in [0.717, 1.165) is 0 Å². The van der Waals surface area contributed by atoms with E-state index in [1.807, 2.05) is 13.8 Å². The molecule has 1 saturated heterocycles. The number of methoxy groups -OCH3 is 2. The summed E-state index contributed by atoms with van der Waals surface area (Å²) in [5.41, 5.74) is 0.454. The highest BCUT2D eigenvalue weighted by Gasteiger charge is 2.23. The molecular formula is C24H33Cl2N5O4. The average molecular weight is 526 g/mol. The van der Waals surface area contributed by atoms with Gasteiger partial charge in [-0.25, -0.2) is 4.98 Å². The second kappa shape index (κ2) is 14.1. The molecule has 0 atom stereocenters. The number of halogens is 2. The van der Waals surface area contributed by atoms with Crippen LogP contribution >= 0.6 is 23.2 Å². The lowest BCUT2D eigenvalue weighted by atomic mass is 10.0. The van der Waals surface area contributed by atoms with Crippen molar-refractivity contribution in [3.05, 3.63) is 38.7 Å². The Labute approximate surface area is 215 Å². The molecule has 0 radical (unpaired) electrons. The lowest BCUT2D eigenvalue weighted by Crippen LogP contribution is -2.25. The third-order valence-corrected chi connectivity index (χ3v) is 5.92. The van der Waals surface area contributed by atoms with Gasteiger partial charge in [-0.15, -0.1) is 0 Å². The number of anilines is 1. The highest BCUT2D eigenvalue weighted by molar-refractivity contribution is 6.41. The number of nitrogens with one attached hydrogen (secondary N) is 2. The van der Waals surface area contributed by atoms with Crippen LogP contribution in [0.1, 0.15) is 26.7 Å². The number of pyridine rings is 1. The van der Waals surface area contributed by atoms with Crippen LogP contribution in [-0.2, 0) is 6.54 Å². The first kappa shape index (κ1) is 28.6. The molecule has 1 aromatic carbocycles. The van der Waals surface area contributed by atoms with E-state index in [1.54, 1.807) is 25.4 Å². The Balaban J connectivity index is 0.000000538. The molecule has 3 heterocycles. The molecule has 0 bridgehead atoms. The second-order valence-electron chi connectivity index (χ2n) is 7.20. The summed E-state index contributed by atoms with van der Waals surface area (Å²) in [6, 6.07) is 3.15. The Morgan fingerprint density at radius 1 is 1.11 bits per heavy atom. The van der Waals surface area contributed by atoms with E-state index in [0.29, 0.717) is 28.5 Å². The van der Waals surface area contributed by atoms with Crippen molar-refractivity contribution in [1.82, 2.24) is 19.9 Å². The van der Waals surface area contributed by atoms with Crippen LogP contribution in [0.25, 0.3) is 22.2 Å². The van der Waals surface area contributed by atoms with Gasteiger partial charge in [-0.3, -0.25) is 9.36 Å². The first-order chi connectivity index (χ1) is 17.0. The van der Waals surface area contributed by atoms with E-state index in [9.17, 15) is 9.90 Å². The van der Waals surface area contributed by atoms with Gasteiger partial charge < -0.3 is 25.2 Å². The molecule has 9 nitrogen and oxygen atoms in total.